The molecule has 0 aliphatic rings. The Bertz CT molecular complexity index is 670. The number of benzene rings is 2. The second-order valence-corrected chi connectivity index (χ2v) is 5.55. The summed E-state index contributed by atoms with van der Waals surface area (Å²) in [6.07, 6.45) is -0.0124. The van der Waals surface area contributed by atoms with Crippen LogP contribution in [0.1, 0.15) is 18.9 Å². The van der Waals surface area contributed by atoms with Gasteiger partial charge in [0.05, 0.1) is 7.11 Å². The quantitative estimate of drug-likeness (QED) is 0.849. The number of hydrogen-bond acceptors (Lipinski definition) is 3. The van der Waals surface area contributed by atoms with Gasteiger partial charge in [-0.3, -0.25) is 4.79 Å². The zero-order chi connectivity index (χ0) is 16.8. The number of rotatable bonds is 6. The van der Waals surface area contributed by atoms with Gasteiger partial charge in [-0.25, -0.2) is 0 Å². The van der Waals surface area contributed by atoms with E-state index in [1.165, 1.54) is 0 Å². The van der Waals surface area contributed by atoms with Crippen LogP contribution in [0.2, 0.25) is 5.02 Å². The van der Waals surface area contributed by atoms with Crippen LogP contribution in [-0.2, 0) is 4.79 Å². The Morgan fingerprint density at radius 1 is 1.17 bits per heavy atom. The van der Waals surface area contributed by atoms with E-state index in [1.807, 2.05) is 19.9 Å². The van der Waals surface area contributed by atoms with Gasteiger partial charge in [-0.2, -0.15) is 0 Å². The van der Waals surface area contributed by atoms with Crippen LogP contribution < -0.4 is 14.8 Å². The van der Waals surface area contributed by atoms with Gasteiger partial charge in [0.25, 0.3) is 5.91 Å². The average Bonchev–Trinajstić information content (AvgIpc) is 2.56. The zero-order valence-corrected chi connectivity index (χ0v) is 14.2. The Labute approximate surface area is 141 Å². The Hall–Kier alpha value is -2.20. The molecule has 4 nitrogen and oxygen atoms in total. The number of anilines is 1. The highest BCUT2D eigenvalue weighted by atomic mass is 35.5. The molecule has 122 valence electrons. The Kier molecular flexibility index (Phi) is 5.88. The maximum Gasteiger partial charge on any atom is 0.265 e. The average molecular weight is 334 g/mol. The molecule has 1 N–H and O–H groups in total. The van der Waals surface area contributed by atoms with Crippen molar-refractivity contribution < 1.29 is 14.3 Å². The fourth-order valence-corrected chi connectivity index (χ4v) is 2.19. The number of carbonyl (C=O) groups excluding carboxylic acids is 1. The molecular weight excluding hydrogens is 314 g/mol. The first-order valence-corrected chi connectivity index (χ1v) is 7.79. The van der Waals surface area contributed by atoms with Crippen molar-refractivity contribution in [3.05, 3.63) is 53.1 Å². The molecule has 0 radical (unpaired) electrons. The molecule has 2 aromatic rings. The third-order valence-corrected chi connectivity index (χ3v) is 3.85. The van der Waals surface area contributed by atoms with Crippen molar-refractivity contribution in [2.24, 2.45) is 0 Å². The topological polar surface area (TPSA) is 47.6 Å². The highest BCUT2D eigenvalue weighted by molar-refractivity contribution is 6.31. The predicted octanol–water partition coefficient (Wildman–Crippen LogP) is 4.45. The molecule has 0 saturated carbocycles. The Balaban J connectivity index is 2.03. The fourth-order valence-electron chi connectivity index (χ4n) is 2.07. The summed E-state index contributed by atoms with van der Waals surface area (Å²) in [5.41, 5.74) is 1.61. The van der Waals surface area contributed by atoms with Gasteiger partial charge in [0.2, 0.25) is 0 Å². The lowest BCUT2D eigenvalue weighted by Gasteiger charge is -2.18. The van der Waals surface area contributed by atoms with Crippen LogP contribution in [0.25, 0.3) is 0 Å². The molecular formula is C18H20ClNO3. The Morgan fingerprint density at radius 2 is 1.83 bits per heavy atom. The van der Waals surface area contributed by atoms with Crippen LogP contribution in [0.15, 0.2) is 42.5 Å². The maximum absolute atomic E-state index is 12.4. The van der Waals surface area contributed by atoms with Crippen LogP contribution in [-0.4, -0.2) is 19.1 Å². The zero-order valence-electron chi connectivity index (χ0n) is 13.4. The summed E-state index contributed by atoms with van der Waals surface area (Å²) in [4.78, 5) is 12.4. The molecule has 1 atom stereocenters. The lowest BCUT2D eigenvalue weighted by Crippen LogP contribution is -2.32. The van der Waals surface area contributed by atoms with Crippen LogP contribution in [0.4, 0.5) is 5.69 Å². The van der Waals surface area contributed by atoms with Gasteiger partial charge in [-0.15, -0.1) is 0 Å². The molecule has 23 heavy (non-hydrogen) atoms. The van der Waals surface area contributed by atoms with E-state index in [9.17, 15) is 4.79 Å². The lowest BCUT2D eigenvalue weighted by atomic mass is 10.2. The monoisotopic (exact) mass is 333 g/mol. The number of carbonyl (C=O) groups is 1. The van der Waals surface area contributed by atoms with E-state index in [4.69, 9.17) is 21.1 Å². The molecule has 0 spiro atoms. The van der Waals surface area contributed by atoms with E-state index in [0.717, 1.165) is 11.3 Å². The van der Waals surface area contributed by atoms with Gasteiger partial charge in [0.1, 0.15) is 11.5 Å². The molecule has 0 fully saturated rings. The van der Waals surface area contributed by atoms with E-state index in [2.05, 4.69) is 5.32 Å². The number of aryl methyl sites for hydroxylation is 1. The van der Waals surface area contributed by atoms with Crippen molar-refractivity contribution in [1.29, 1.82) is 0 Å². The normalized spacial score (nSPS) is 11.7. The third kappa shape index (κ3) is 4.63. The van der Waals surface area contributed by atoms with Crippen LogP contribution in [0, 0.1) is 6.92 Å². The molecule has 0 aromatic heterocycles. The van der Waals surface area contributed by atoms with Gasteiger partial charge >= 0.3 is 0 Å². The van der Waals surface area contributed by atoms with Crippen LogP contribution in [0.5, 0.6) is 11.5 Å². The van der Waals surface area contributed by atoms with Crippen molar-refractivity contribution in [1.82, 2.24) is 0 Å². The van der Waals surface area contributed by atoms with Crippen molar-refractivity contribution in [2.45, 2.75) is 26.4 Å². The molecule has 1 unspecified atom stereocenters. The lowest BCUT2D eigenvalue weighted by molar-refractivity contribution is -0.122. The SMILES string of the molecule is CCC(Oc1ccc(Cl)c(C)c1)C(=O)Nc1ccc(OC)cc1. The number of halogens is 1. The van der Waals surface area contributed by atoms with E-state index in [0.29, 0.717) is 22.9 Å². The molecule has 2 aromatic carbocycles. The van der Waals surface area contributed by atoms with E-state index in [-0.39, 0.29) is 5.91 Å². The van der Waals surface area contributed by atoms with E-state index < -0.39 is 6.10 Å². The highest BCUT2D eigenvalue weighted by Crippen LogP contribution is 2.23. The summed E-state index contributed by atoms with van der Waals surface area (Å²) in [5.74, 6) is 1.18. The summed E-state index contributed by atoms with van der Waals surface area (Å²) < 4.78 is 10.9. The summed E-state index contributed by atoms with van der Waals surface area (Å²) in [7, 11) is 1.60. The number of methoxy groups -OCH3 is 1. The van der Waals surface area contributed by atoms with Gasteiger partial charge in [-0.05, 0) is 61.4 Å². The summed E-state index contributed by atoms with van der Waals surface area (Å²) in [5, 5.41) is 3.52. The van der Waals surface area contributed by atoms with E-state index in [1.54, 1.807) is 43.5 Å². The predicted molar refractivity (Wildman–Crippen MR) is 92.5 cm³/mol. The minimum absolute atomic E-state index is 0.190. The molecule has 0 bridgehead atoms. The first-order valence-electron chi connectivity index (χ1n) is 7.41. The number of ether oxygens (including phenoxy) is 2. The molecule has 0 aliphatic carbocycles. The maximum atomic E-state index is 12.4. The van der Waals surface area contributed by atoms with Gasteiger partial charge in [-0.1, -0.05) is 18.5 Å². The first kappa shape index (κ1) is 17.2. The minimum atomic E-state index is -0.572. The second kappa shape index (κ2) is 7.88. The van der Waals surface area contributed by atoms with Crippen molar-refractivity contribution >= 4 is 23.2 Å². The van der Waals surface area contributed by atoms with Crippen molar-refractivity contribution in [2.75, 3.05) is 12.4 Å². The second-order valence-electron chi connectivity index (χ2n) is 5.14. The van der Waals surface area contributed by atoms with E-state index >= 15 is 0 Å². The minimum Gasteiger partial charge on any atom is -0.497 e. The smallest absolute Gasteiger partial charge is 0.265 e. The summed E-state index contributed by atoms with van der Waals surface area (Å²) in [6.45, 7) is 3.80. The van der Waals surface area contributed by atoms with Gasteiger partial charge < -0.3 is 14.8 Å². The molecule has 5 heteroatoms. The molecule has 0 aliphatic heterocycles. The van der Waals surface area contributed by atoms with Crippen LogP contribution in [0.3, 0.4) is 0 Å². The molecule has 0 heterocycles. The standard InChI is InChI=1S/C18H20ClNO3/c1-4-17(23-15-9-10-16(19)12(2)11-15)18(21)20-13-5-7-14(22-3)8-6-13/h5-11,17H,4H2,1-3H3,(H,20,21). The molecule has 0 saturated heterocycles. The molecule has 2 rings (SSSR count). The Morgan fingerprint density at radius 3 is 2.39 bits per heavy atom. The van der Waals surface area contributed by atoms with Gasteiger partial charge in [0.15, 0.2) is 6.10 Å². The van der Waals surface area contributed by atoms with Crippen molar-refractivity contribution in [3.63, 3.8) is 0 Å². The number of amides is 1. The van der Waals surface area contributed by atoms with Gasteiger partial charge in [0, 0.05) is 10.7 Å². The number of nitrogens with one attached hydrogen (secondary N) is 1. The highest BCUT2D eigenvalue weighted by Gasteiger charge is 2.18. The van der Waals surface area contributed by atoms with Crippen LogP contribution >= 0.6 is 11.6 Å². The third-order valence-electron chi connectivity index (χ3n) is 3.43. The first-order chi connectivity index (χ1) is 11.0. The van der Waals surface area contributed by atoms with Crippen molar-refractivity contribution in [3.8, 4) is 11.5 Å². The fraction of sp³-hybridized carbons (Fsp3) is 0.278. The summed E-state index contributed by atoms with van der Waals surface area (Å²) in [6, 6.07) is 12.5. The largest absolute Gasteiger partial charge is 0.497 e. The molecule has 1 amide bonds. The number of hydrogen-bond donors (Lipinski definition) is 1. The summed E-state index contributed by atoms with van der Waals surface area (Å²) >= 11 is 6.00.